The number of nitrogens with one attached hydrogen (secondary N) is 1. The third-order valence-corrected chi connectivity index (χ3v) is 5.98. The minimum absolute atomic E-state index is 0.181. The average molecular weight is 457 g/mol. The molecule has 8 nitrogen and oxygen atoms in total. The standard InChI is InChI=1S/C23H24N2O6S/c1-13-7-6-8-16(14(13)2)24-21(26)12-25-22(27)20(32-23(25)28)10-15-9-18(30-4)19(31-5)11-17(15)29-3/h6-11H,12H2,1-5H3,(H,24,26)/b20-10+. The number of rotatable bonds is 7. The molecule has 2 aromatic carbocycles. The second-order valence-electron chi connectivity index (χ2n) is 7.01. The van der Waals surface area contributed by atoms with Gasteiger partial charge >= 0.3 is 0 Å². The number of amides is 3. The predicted molar refractivity (Wildman–Crippen MR) is 123 cm³/mol. The van der Waals surface area contributed by atoms with E-state index in [2.05, 4.69) is 5.32 Å². The van der Waals surface area contributed by atoms with Crippen LogP contribution in [0.3, 0.4) is 0 Å². The molecule has 3 amide bonds. The van der Waals surface area contributed by atoms with E-state index in [4.69, 9.17) is 14.2 Å². The van der Waals surface area contributed by atoms with Crippen molar-refractivity contribution in [1.29, 1.82) is 0 Å². The Labute approximate surface area is 190 Å². The van der Waals surface area contributed by atoms with Crippen molar-refractivity contribution < 1.29 is 28.6 Å². The molecule has 0 unspecified atom stereocenters. The highest BCUT2D eigenvalue weighted by molar-refractivity contribution is 8.18. The number of methoxy groups -OCH3 is 3. The van der Waals surface area contributed by atoms with E-state index in [1.807, 2.05) is 26.0 Å². The van der Waals surface area contributed by atoms with E-state index in [1.54, 1.807) is 18.2 Å². The van der Waals surface area contributed by atoms with Crippen LogP contribution < -0.4 is 19.5 Å². The Bertz CT molecular complexity index is 1110. The lowest BCUT2D eigenvalue weighted by molar-refractivity contribution is -0.127. The molecular formula is C23H24N2O6S. The molecule has 168 valence electrons. The first kappa shape index (κ1) is 23.2. The highest BCUT2D eigenvalue weighted by atomic mass is 32.2. The average Bonchev–Trinajstić information content (AvgIpc) is 3.03. The quantitative estimate of drug-likeness (QED) is 0.629. The van der Waals surface area contributed by atoms with Crippen molar-refractivity contribution in [2.45, 2.75) is 13.8 Å². The minimum Gasteiger partial charge on any atom is -0.496 e. The summed E-state index contributed by atoms with van der Waals surface area (Å²) >= 11 is 0.764. The van der Waals surface area contributed by atoms with Crippen LogP contribution in [0, 0.1) is 13.8 Å². The van der Waals surface area contributed by atoms with Crippen molar-refractivity contribution in [2.75, 3.05) is 33.2 Å². The number of carbonyl (C=O) groups excluding carboxylic acids is 3. The highest BCUT2D eigenvalue weighted by Gasteiger charge is 2.36. The molecule has 0 bridgehead atoms. The van der Waals surface area contributed by atoms with Gasteiger partial charge in [-0.2, -0.15) is 0 Å². The molecule has 0 saturated carbocycles. The van der Waals surface area contributed by atoms with Gasteiger partial charge in [0.25, 0.3) is 11.1 Å². The summed E-state index contributed by atoms with van der Waals surface area (Å²) in [6, 6.07) is 8.83. The van der Waals surface area contributed by atoms with Gasteiger partial charge in [-0.1, -0.05) is 12.1 Å². The number of anilines is 1. The number of hydrogen-bond donors (Lipinski definition) is 1. The zero-order chi connectivity index (χ0) is 23.4. The lowest BCUT2D eigenvalue weighted by Gasteiger charge is -2.14. The molecule has 0 atom stereocenters. The van der Waals surface area contributed by atoms with Crippen molar-refractivity contribution in [1.82, 2.24) is 4.90 Å². The van der Waals surface area contributed by atoms with Gasteiger partial charge < -0.3 is 19.5 Å². The fraction of sp³-hybridized carbons (Fsp3) is 0.261. The molecule has 1 N–H and O–H groups in total. The van der Waals surface area contributed by atoms with Crippen molar-refractivity contribution in [2.24, 2.45) is 0 Å². The smallest absolute Gasteiger partial charge is 0.294 e. The van der Waals surface area contributed by atoms with E-state index in [0.717, 1.165) is 27.8 Å². The first-order valence-corrected chi connectivity index (χ1v) is 10.5. The largest absolute Gasteiger partial charge is 0.496 e. The van der Waals surface area contributed by atoms with Crippen LogP contribution in [0.5, 0.6) is 17.2 Å². The van der Waals surface area contributed by atoms with Gasteiger partial charge in [0.15, 0.2) is 11.5 Å². The Morgan fingerprint density at radius 3 is 2.34 bits per heavy atom. The molecule has 1 fully saturated rings. The maximum atomic E-state index is 12.8. The number of aryl methyl sites for hydroxylation is 1. The van der Waals surface area contributed by atoms with E-state index >= 15 is 0 Å². The molecule has 0 spiro atoms. The Hall–Kier alpha value is -3.46. The number of benzene rings is 2. The number of imide groups is 1. The molecule has 0 aromatic heterocycles. The van der Waals surface area contributed by atoms with Crippen LogP contribution in [0.25, 0.3) is 6.08 Å². The number of thioether (sulfide) groups is 1. The van der Waals surface area contributed by atoms with Crippen LogP contribution in [0.15, 0.2) is 35.2 Å². The molecule has 0 radical (unpaired) electrons. The zero-order valence-electron chi connectivity index (χ0n) is 18.5. The molecule has 1 saturated heterocycles. The van der Waals surface area contributed by atoms with E-state index in [9.17, 15) is 14.4 Å². The van der Waals surface area contributed by atoms with Crippen LogP contribution in [0.1, 0.15) is 16.7 Å². The summed E-state index contributed by atoms with van der Waals surface area (Å²) < 4.78 is 15.9. The monoisotopic (exact) mass is 456 g/mol. The number of nitrogens with zero attached hydrogens (tertiary/aromatic N) is 1. The Morgan fingerprint density at radius 2 is 1.69 bits per heavy atom. The Balaban J connectivity index is 1.81. The number of carbonyl (C=O) groups is 3. The number of hydrogen-bond acceptors (Lipinski definition) is 7. The normalized spacial score (nSPS) is 14.7. The lowest BCUT2D eigenvalue weighted by atomic mass is 10.1. The molecule has 1 heterocycles. The summed E-state index contributed by atoms with van der Waals surface area (Å²) in [4.78, 5) is 38.9. The van der Waals surface area contributed by atoms with Crippen molar-refractivity contribution in [3.8, 4) is 17.2 Å². The van der Waals surface area contributed by atoms with Gasteiger partial charge in [0.05, 0.1) is 26.2 Å². The molecule has 9 heteroatoms. The van der Waals surface area contributed by atoms with E-state index in [-0.39, 0.29) is 11.4 Å². The second kappa shape index (κ2) is 9.78. The highest BCUT2D eigenvalue weighted by Crippen LogP contribution is 2.38. The molecule has 32 heavy (non-hydrogen) atoms. The van der Waals surface area contributed by atoms with E-state index < -0.39 is 17.1 Å². The number of ether oxygens (including phenoxy) is 3. The molecule has 3 rings (SSSR count). The molecule has 2 aromatic rings. The van der Waals surface area contributed by atoms with Gasteiger partial charge in [0.1, 0.15) is 12.3 Å². The maximum absolute atomic E-state index is 12.8. The maximum Gasteiger partial charge on any atom is 0.294 e. The van der Waals surface area contributed by atoms with Crippen LogP contribution in [-0.2, 0) is 9.59 Å². The van der Waals surface area contributed by atoms with E-state index in [1.165, 1.54) is 27.4 Å². The first-order chi connectivity index (χ1) is 15.3. The van der Waals surface area contributed by atoms with Gasteiger partial charge in [-0.3, -0.25) is 19.3 Å². The van der Waals surface area contributed by atoms with Gasteiger partial charge in [-0.25, -0.2) is 0 Å². The Kier molecular flexibility index (Phi) is 7.09. The fourth-order valence-corrected chi connectivity index (χ4v) is 3.99. The minimum atomic E-state index is -0.548. The van der Waals surface area contributed by atoms with Gasteiger partial charge in [-0.15, -0.1) is 0 Å². The summed E-state index contributed by atoms with van der Waals surface area (Å²) in [6.07, 6.45) is 1.54. The summed E-state index contributed by atoms with van der Waals surface area (Å²) in [5.74, 6) is 0.366. The molecule has 1 aliphatic heterocycles. The van der Waals surface area contributed by atoms with Crippen molar-refractivity contribution in [3.63, 3.8) is 0 Å². The van der Waals surface area contributed by atoms with E-state index in [0.29, 0.717) is 28.5 Å². The lowest BCUT2D eigenvalue weighted by Crippen LogP contribution is -2.36. The third-order valence-electron chi connectivity index (χ3n) is 5.08. The Morgan fingerprint density at radius 1 is 1.03 bits per heavy atom. The first-order valence-electron chi connectivity index (χ1n) is 9.70. The summed E-state index contributed by atoms with van der Waals surface area (Å²) in [5, 5.41) is 2.25. The summed E-state index contributed by atoms with van der Waals surface area (Å²) in [7, 11) is 4.49. The molecule has 0 aliphatic carbocycles. The zero-order valence-corrected chi connectivity index (χ0v) is 19.3. The molecule has 1 aliphatic rings. The van der Waals surface area contributed by atoms with Crippen LogP contribution in [-0.4, -0.2) is 49.8 Å². The van der Waals surface area contributed by atoms with Crippen molar-refractivity contribution in [3.05, 3.63) is 51.9 Å². The topological polar surface area (TPSA) is 94.2 Å². The summed E-state index contributed by atoms with van der Waals surface area (Å²) in [5.41, 5.74) is 3.14. The fourth-order valence-electron chi connectivity index (χ4n) is 3.16. The molecular weight excluding hydrogens is 432 g/mol. The van der Waals surface area contributed by atoms with Crippen LogP contribution >= 0.6 is 11.8 Å². The summed E-state index contributed by atoms with van der Waals surface area (Å²) in [6.45, 7) is 3.46. The van der Waals surface area contributed by atoms with Gasteiger partial charge in [0, 0.05) is 17.3 Å². The van der Waals surface area contributed by atoms with Crippen LogP contribution in [0.2, 0.25) is 0 Å². The second-order valence-corrected chi connectivity index (χ2v) is 8.01. The van der Waals surface area contributed by atoms with Gasteiger partial charge in [-0.05, 0) is 54.9 Å². The SMILES string of the molecule is COc1cc(OC)c(OC)cc1/C=C1/SC(=O)N(CC(=O)Nc2cccc(C)c2C)C1=O. The third kappa shape index (κ3) is 4.72. The van der Waals surface area contributed by atoms with Crippen molar-refractivity contribution >= 4 is 40.6 Å². The van der Waals surface area contributed by atoms with Crippen LogP contribution in [0.4, 0.5) is 10.5 Å². The predicted octanol–water partition coefficient (Wildman–Crippen LogP) is 4.00. The van der Waals surface area contributed by atoms with Gasteiger partial charge in [0.2, 0.25) is 5.91 Å².